The monoisotopic (exact) mass is 268 g/mol. The van der Waals surface area contributed by atoms with E-state index < -0.39 is 0 Å². The predicted octanol–water partition coefficient (Wildman–Crippen LogP) is 1.92. The minimum absolute atomic E-state index is 0.133. The molecule has 4 heteroatoms. The Morgan fingerprint density at radius 3 is 2.16 bits per heavy atom. The SMILES string of the molecule is C[C@@H]1CN(C(=O)C2(CN)CCCCCC2)C[C@H](C)O1. The number of nitrogens with zero attached hydrogens (tertiary/aromatic N) is 1. The molecule has 0 spiro atoms. The van der Waals surface area contributed by atoms with Crippen molar-refractivity contribution >= 4 is 5.91 Å². The van der Waals surface area contributed by atoms with Crippen LogP contribution in [0, 0.1) is 5.41 Å². The summed E-state index contributed by atoms with van der Waals surface area (Å²) in [6, 6.07) is 0. The Morgan fingerprint density at radius 1 is 1.16 bits per heavy atom. The van der Waals surface area contributed by atoms with Crippen LogP contribution >= 0.6 is 0 Å². The van der Waals surface area contributed by atoms with Gasteiger partial charge in [-0.1, -0.05) is 25.7 Å². The van der Waals surface area contributed by atoms with Crippen molar-refractivity contribution in [3.63, 3.8) is 0 Å². The van der Waals surface area contributed by atoms with Crippen molar-refractivity contribution in [2.24, 2.45) is 11.1 Å². The Kier molecular flexibility index (Phi) is 4.85. The molecule has 2 aliphatic rings. The molecule has 1 heterocycles. The normalized spacial score (nSPS) is 31.8. The van der Waals surface area contributed by atoms with Crippen LogP contribution in [0.25, 0.3) is 0 Å². The van der Waals surface area contributed by atoms with Crippen LogP contribution in [0.1, 0.15) is 52.4 Å². The average Bonchev–Trinajstić information content (AvgIpc) is 2.63. The van der Waals surface area contributed by atoms with Crippen LogP contribution in [-0.4, -0.2) is 42.6 Å². The van der Waals surface area contributed by atoms with Crippen molar-refractivity contribution in [2.45, 2.75) is 64.6 Å². The average molecular weight is 268 g/mol. The number of ether oxygens (including phenoxy) is 1. The summed E-state index contributed by atoms with van der Waals surface area (Å²) in [4.78, 5) is 14.9. The van der Waals surface area contributed by atoms with Gasteiger partial charge in [-0.05, 0) is 26.7 Å². The van der Waals surface area contributed by atoms with Gasteiger partial charge in [0.05, 0.1) is 17.6 Å². The van der Waals surface area contributed by atoms with Gasteiger partial charge < -0.3 is 15.4 Å². The van der Waals surface area contributed by atoms with Crippen molar-refractivity contribution in [2.75, 3.05) is 19.6 Å². The molecule has 0 bridgehead atoms. The van der Waals surface area contributed by atoms with Crippen molar-refractivity contribution in [1.82, 2.24) is 4.90 Å². The van der Waals surface area contributed by atoms with Crippen LogP contribution in [-0.2, 0) is 9.53 Å². The van der Waals surface area contributed by atoms with Crippen LogP contribution in [0.3, 0.4) is 0 Å². The van der Waals surface area contributed by atoms with Gasteiger partial charge in [0, 0.05) is 19.6 Å². The van der Waals surface area contributed by atoms with Crippen molar-refractivity contribution < 1.29 is 9.53 Å². The minimum Gasteiger partial charge on any atom is -0.372 e. The molecule has 1 aliphatic carbocycles. The Morgan fingerprint density at radius 2 is 1.68 bits per heavy atom. The summed E-state index contributed by atoms with van der Waals surface area (Å²) in [6.07, 6.45) is 6.94. The lowest BCUT2D eigenvalue weighted by molar-refractivity contribution is -0.154. The molecule has 0 aromatic heterocycles. The Labute approximate surface area is 116 Å². The van der Waals surface area contributed by atoms with Gasteiger partial charge in [0.2, 0.25) is 5.91 Å². The van der Waals surface area contributed by atoms with Crippen molar-refractivity contribution in [3.05, 3.63) is 0 Å². The number of hydrogen-bond donors (Lipinski definition) is 1. The van der Waals surface area contributed by atoms with Crippen LogP contribution in [0.5, 0.6) is 0 Å². The number of amides is 1. The lowest BCUT2D eigenvalue weighted by Gasteiger charge is -2.41. The molecule has 0 unspecified atom stereocenters. The molecule has 2 atom stereocenters. The van der Waals surface area contributed by atoms with E-state index in [4.69, 9.17) is 10.5 Å². The van der Waals surface area contributed by atoms with Crippen LogP contribution in [0.15, 0.2) is 0 Å². The molecule has 0 aromatic rings. The fourth-order valence-electron chi connectivity index (χ4n) is 3.59. The fourth-order valence-corrected chi connectivity index (χ4v) is 3.59. The van der Waals surface area contributed by atoms with Crippen molar-refractivity contribution in [3.8, 4) is 0 Å². The van der Waals surface area contributed by atoms with Gasteiger partial charge in [-0.25, -0.2) is 0 Å². The molecule has 2 N–H and O–H groups in total. The maximum atomic E-state index is 12.9. The first kappa shape index (κ1) is 14.8. The van der Waals surface area contributed by atoms with Crippen LogP contribution in [0.4, 0.5) is 0 Å². The molecule has 1 aliphatic heterocycles. The second-order valence-corrected chi connectivity index (χ2v) is 6.37. The maximum Gasteiger partial charge on any atom is 0.230 e. The van der Waals surface area contributed by atoms with E-state index in [1.165, 1.54) is 12.8 Å². The van der Waals surface area contributed by atoms with Gasteiger partial charge in [-0.2, -0.15) is 0 Å². The van der Waals surface area contributed by atoms with E-state index >= 15 is 0 Å². The number of morpholine rings is 1. The lowest BCUT2D eigenvalue weighted by Crippen LogP contribution is -2.55. The van der Waals surface area contributed by atoms with Gasteiger partial charge in [-0.3, -0.25) is 4.79 Å². The summed E-state index contributed by atoms with van der Waals surface area (Å²) in [5, 5.41) is 0. The summed E-state index contributed by atoms with van der Waals surface area (Å²) in [5.74, 6) is 0.277. The Balaban J connectivity index is 2.10. The molecule has 1 saturated heterocycles. The topological polar surface area (TPSA) is 55.6 Å². The minimum atomic E-state index is -0.298. The standard InChI is InChI=1S/C15H28N2O2/c1-12-9-17(10-13(2)19-12)14(18)15(11-16)7-5-3-4-6-8-15/h12-13H,3-11,16H2,1-2H3/t12-,13+. The number of carbonyl (C=O) groups is 1. The Bertz CT molecular complexity index is 301. The van der Waals surface area contributed by atoms with E-state index in [2.05, 4.69) is 0 Å². The van der Waals surface area contributed by atoms with E-state index in [1.807, 2.05) is 18.7 Å². The molecule has 0 aromatic carbocycles. The van der Waals surface area contributed by atoms with E-state index in [-0.39, 0.29) is 23.5 Å². The highest BCUT2D eigenvalue weighted by Gasteiger charge is 2.41. The quantitative estimate of drug-likeness (QED) is 0.778. The molecule has 1 amide bonds. The first-order valence-electron chi connectivity index (χ1n) is 7.72. The zero-order chi connectivity index (χ0) is 13.9. The first-order valence-corrected chi connectivity index (χ1v) is 7.72. The summed E-state index contributed by atoms with van der Waals surface area (Å²) in [6.45, 7) is 6.00. The summed E-state index contributed by atoms with van der Waals surface area (Å²) in [7, 11) is 0. The van der Waals surface area contributed by atoms with Gasteiger partial charge >= 0.3 is 0 Å². The molecule has 0 radical (unpaired) electrons. The highest BCUT2D eigenvalue weighted by atomic mass is 16.5. The highest BCUT2D eigenvalue weighted by Crippen LogP contribution is 2.36. The molecule has 19 heavy (non-hydrogen) atoms. The number of carbonyl (C=O) groups excluding carboxylic acids is 1. The van der Waals surface area contributed by atoms with E-state index in [1.54, 1.807) is 0 Å². The number of rotatable bonds is 2. The molecule has 110 valence electrons. The second kappa shape index (κ2) is 6.23. The smallest absolute Gasteiger partial charge is 0.230 e. The highest BCUT2D eigenvalue weighted by molar-refractivity contribution is 5.83. The van der Waals surface area contributed by atoms with Gasteiger partial charge in [0.15, 0.2) is 0 Å². The molecular formula is C15H28N2O2. The zero-order valence-corrected chi connectivity index (χ0v) is 12.4. The second-order valence-electron chi connectivity index (χ2n) is 6.37. The first-order chi connectivity index (χ1) is 9.07. The third kappa shape index (κ3) is 3.29. The van der Waals surface area contributed by atoms with E-state index in [0.29, 0.717) is 19.6 Å². The number of nitrogens with two attached hydrogens (primary N) is 1. The molecule has 4 nitrogen and oxygen atoms in total. The maximum absolute atomic E-state index is 12.9. The molecular weight excluding hydrogens is 240 g/mol. The summed E-state index contributed by atoms with van der Waals surface area (Å²) < 4.78 is 5.72. The predicted molar refractivity (Wildman–Crippen MR) is 75.8 cm³/mol. The van der Waals surface area contributed by atoms with E-state index in [9.17, 15) is 4.79 Å². The molecule has 2 fully saturated rings. The molecule has 2 rings (SSSR count). The third-order valence-electron chi connectivity index (χ3n) is 4.61. The Hall–Kier alpha value is -0.610. The summed E-state index contributed by atoms with van der Waals surface area (Å²) in [5.41, 5.74) is 5.71. The van der Waals surface area contributed by atoms with Gasteiger partial charge in [0.1, 0.15) is 0 Å². The zero-order valence-electron chi connectivity index (χ0n) is 12.4. The van der Waals surface area contributed by atoms with E-state index in [0.717, 1.165) is 25.7 Å². The molecule has 1 saturated carbocycles. The number of hydrogen-bond acceptors (Lipinski definition) is 3. The lowest BCUT2D eigenvalue weighted by atomic mass is 9.78. The summed E-state index contributed by atoms with van der Waals surface area (Å²) >= 11 is 0. The van der Waals surface area contributed by atoms with Crippen LogP contribution in [0.2, 0.25) is 0 Å². The van der Waals surface area contributed by atoms with Gasteiger partial charge in [0.25, 0.3) is 0 Å². The van der Waals surface area contributed by atoms with Crippen molar-refractivity contribution in [1.29, 1.82) is 0 Å². The fraction of sp³-hybridized carbons (Fsp3) is 0.933. The third-order valence-corrected chi connectivity index (χ3v) is 4.61. The van der Waals surface area contributed by atoms with Gasteiger partial charge in [-0.15, -0.1) is 0 Å². The van der Waals surface area contributed by atoms with Crippen LogP contribution < -0.4 is 5.73 Å². The largest absolute Gasteiger partial charge is 0.372 e.